The quantitative estimate of drug-likeness (QED) is 0.0872. The first kappa shape index (κ1) is 35.7. The maximum atomic E-state index is 13.6. The van der Waals surface area contributed by atoms with Crippen molar-refractivity contribution in [1.82, 2.24) is 19.5 Å². The summed E-state index contributed by atoms with van der Waals surface area (Å²) in [6.07, 6.45) is 4.03. The predicted octanol–water partition coefficient (Wildman–Crippen LogP) is 3.97. The third-order valence-electron chi connectivity index (χ3n) is 6.18. The summed E-state index contributed by atoms with van der Waals surface area (Å²) in [6.45, 7) is 9.79. The summed E-state index contributed by atoms with van der Waals surface area (Å²) < 4.78 is 47.8. The second kappa shape index (κ2) is 17.6. The summed E-state index contributed by atoms with van der Waals surface area (Å²) in [7, 11) is -2.32. The van der Waals surface area contributed by atoms with Gasteiger partial charge in [0.15, 0.2) is 11.5 Å². The van der Waals surface area contributed by atoms with Crippen LogP contribution in [0, 0.1) is 11.3 Å². The highest BCUT2D eigenvalue weighted by atomic mass is 31.2. The molecule has 0 spiro atoms. The van der Waals surface area contributed by atoms with Gasteiger partial charge in [0.1, 0.15) is 24.0 Å². The summed E-state index contributed by atoms with van der Waals surface area (Å²) in [5, 5.41) is 0. The van der Waals surface area contributed by atoms with E-state index in [0.29, 0.717) is 56.1 Å². The largest absolute Gasteiger partial charge is 0.437 e. The van der Waals surface area contributed by atoms with Crippen molar-refractivity contribution < 1.29 is 42.1 Å². The summed E-state index contributed by atoms with van der Waals surface area (Å²) in [4.78, 5) is 37.1. The van der Waals surface area contributed by atoms with Gasteiger partial charge in [-0.1, -0.05) is 13.8 Å². The number of hydrogen-bond acceptors (Lipinski definition) is 13. The van der Waals surface area contributed by atoms with E-state index in [4.69, 9.17) is 33.7 Å². The molecule has 2 aromatic rings. The molecule has 0 fully saturated rings. The lowest BCUT2D eigenvalue weighted by Crippen LogP contribution is -2.32. The van der Waals surface area contributed by atoms with Crippen LogP contribution in [0.4, 0.5) is 5.82 Å². The normalized spacial score (nSPS) is 14.3. The molecule has 0 aliphatic heterocycles. The number of nitrogen functional groups attached to an aromatic ring is 1. The molecule has 42 heavy (non-hydrogen) atoms. The fourth-order valence-electron chi connectivity index (χ4n) is 3.62. The van der Waals surface area contributed by atoms with Crippen molar-refractivity contribution in [1.29, 1.82) is 0 Å². The van der Waals surface area contributed by atoms with Gasteiger partial charge in [0, 0.05) is 20.0 Å². The highest BCUT2D eigenvalue weighted by molar-refractivity contribution is 7.53. The molecule has 0 radical (unpaired) electrons. The second-order valence-electron chi connectivity index (χ2n) is 11.1. The number of aromatic nitrogens is 4. The van der Waals surface area contributed by atoms with Crippen LogP contribution in [0.1, 0.15) is 60.3 Å². The lowest BCUT2D eigenvalue weighted by Gasteiger charge is -2.24. The Bertz CT molecular complexity index is 1170. The number of anilines is 1. The SMILES string of the molecule is COCCOCC(C)(C)C(=O)OCOP(=O)(CO[C@H](C)Cn1cnc2c(N)ncnc21)OCCCC(=O)CCC(C)C. The summed E-state index contributed by atoms with van der Waals surface area (Å²) >= 11 is 0. The number of Topliss-reactive ketones (excluding diaryl/α,β-unsaturated/α-hetero) is 1. The molecule has 0 saturated heterocycles. The number of nitrogens with two attached hydrogens (primary N) is 1. The molecule has 1 unspecified atom stereocenters. The van der Waals surface area contributed by atoms with Crippen LogP contribution in [-0.4, -0.2) is 84.1 Å². The fraction of sp³-hybridized carbons (Fsp3) is 0.741. The molecule has 0 aliphatic carbocycles. The number of ether oxygens (including phenoxy) is 4. The molecule has 2 aromatic heterocycles. The number of carbonyl (C=O) groups excluding carboxylic acids is 2. The zero-order valence-electron chi connectivity index (χ0n) is 25.6. The van der Waals surface area contributed by atoms with Crippen LogP contribution >= 0.6 is 7.60 Å². The Kier molecular flexibility index (Phi) is 15.0. The third kappa shape index (κ3) is 12.4. The molecule has 238 valence electrons. The summed E-state index contributed by atoms with van der Waals surface area (Å²) in [5.41, 5.74) is 5.90. The first-order valence-electron chi connectivity index (χ1n) is 14.0. The number of imidazole rings is 1. The molecular weight excluding hydrogens is 569 g/mol. The van der Waals surface area contributed by atoms with Crippen molar-refractivity contribution in [2.75, 3.05) is 52.4 Å². The Labute approximate surface area is 247 Å². The van der Waals surface area contributed by atoms with Crippen LogP contribution in [0.15, 0.2) is 12.7 Å². The van der Waals surface area contributed by atoms with E-state index < -0.39 is 38.2 Å². The Hall–Kier alpha value is -2.48. The van der Waals surface area contributed by atoms with Gasteiger partial charge in [-0.2, -0.15) is 0 Å². The van der Waals surface area contributed by atoms with Gasteiger partial charge in [-0.3, -0.25) is 18.7 Å². The van der Waals surface area contributed by atoms with Crippen molar-refractivity contribution in [3.63, 3.8) is 0 Å². The van der Waals surface area contributed by atoms with Crippen LogP contribution < -0.4 is 5.73 Å². The fourth-order valence-corrected chi connectivity index (χ4v) is 4.91. The highest BCUT2D eigenvalue weighted by Crippen LogP contribution is 2.48. The van der Waals surface area contributed by atoms with E-state index in [-0.39, 0.29) is 24.8 Å². The highest BCUT2D eigenvalue weighted by Gasteiger charge is 2.32. The molecule has 15 heteroatoms. The van der Waals surface area contributed by atoms with Crippen LogP contribution in [-0.2, 0) is 48.7 Å². The number of hydrogen-bond donors (Lipinski definition) is 1. The third-order valence-corrected chi connectivity index (χ3v) is 7.72. The molecule has 0 amide bonds. The molecule has 0 aromatic carbocycles. The van der Waals surface area contributed by atoms with Gasteiger partial charge in [-0.15, -0.1) is 0 Å². The number of esters is 1. The minimum absolute atomic E-state index is 0.0115. The Morgan fingerprint density at radius 2 is 1.83 bits per heavy atom. The monoisotopic (exact) mass is 615 g/mol. The molecule has 2 atom stereocenters. The van der Waals surface area contributed by atoms with Crippen molar-refractivity contribution in [2.45, 2.75) is 73.0 Å². The number of ketones is 1. The van der Waals surface area contributed by atoms with Gasteiger partial charge in [-0.25, -0.2) is 15.0 Å². The first-order chi connectivity index (χ1) is 19.9. The van der Waals surface area contributed by atoms with E-state index in [1.807, 2.05) is 0 Å². The average molecular weight is 616 g/mol. The molecule has 2 rings (SSSR count). The van der Waals surface area contributed by atoms with Crippen LogP contribution in [0.3, 0.4) is 0 Å². The predicted molar refractivity (Wildman–Crippen MR) is 156 cm³/mol. The lowest BCUT2D eigenvalue weighted by molar-refractivity contribution is -0.164. The second-order valence-corrected chi connectivity index (χ2v) is 13.1. The van der Waals surface area contributed by atoms with E-state index in [1.54, 1.807) is 38.8 Å². The zero-order valence-corrected chi connectivity index (χ0v) is 26.5. The average Bonchev–Trinajstić information content (AvgIpc) is 3.35. The van der Waals surface area contributed by atoms with Crippen molar-refractivity contribution in [3.8, 4) is 0 Å². The molecule has 14 nitrogen and oxygen atoms in total. The Balaban J connectivity index is 1.94. The first-order valence-corrected chi connectivity index (χ1v) is 15.8. The summed E-state index contributed by atoms with van der Waals surface area (Å²) in [6, 6.07) is 0. The van der Waals surface area contributed by atoms with Gasteiger partial charge in [-0.05, 0) is 39.5 Å². The van der Waals surface area contributed by atoms with Crippen molar-refractivity contribution in [2.24, 2.45) is 11.3 Å². The minimum Gasteiger partial charge on any atom is -0.437 e. The Morgan fingerprint density at radius 1 is 1.07 bits per heavy atom. The molecular formula is C27H46N5O9P. The molecule has 0 saturated carbocycles. The summed E-state index contributed by atoms with van der Waals surface area (Å²) in [5.74, 6) is 0.229. The van der Waals surface area contributed by atoms with Crippen molar-refractivity contribution >= 4 is 36.3 Å². The molecule has 0 aliphatic rings. The van der Waals surface area contributed by atoms with E-state index >= 15 is 0 Å². The van der Waals surface area contributed by atoms with Crippen LogP contribution in [0.5, 0.6) is 0 Å². The van der Waals surface area contributed by atoms with Crippen LogP contribution in [0.2, 0.25) is 0 Å². The van der Waals surface area contributed by atoms with Gasteiger partial charge in [0.05, 0.1) is 50.8 Å². The maximum Gasteiger partial charge on any atom is 0.359 e. The topological polar surface area (TPSA) is 176 Å². The molecule has 2 heterocycles. The van der Waals surface area contributed by atoms with Gasteiger partial charge >= 0.3 is 13.6 Å². The zero-order chi connectivity index (χ0) is 31.2. The smallest absolute Gasteiger partial charge is 0.359 e. The minimum atomic E-state index is -3.88. The lowest BCUT2D eigenvalue weighted by atomic mass is 9.95. The number of methoxy groups -OCH3 is 1. The Morgan fingerprint density at radius 3 is 2.55 bits per heavy atom. The van der Waals surface area contributed by atoms with E-state index in [1.165, 1.54) is 6.33 Å². The number of rotatable bonds is 22. The number of fused-ring (bicyclic) bond motifs is 1. The van der Waals surface area contributed by atoms with E-state index in [0.717, 1.165) is 6.42 Å². The maximum absolute atomic E-state index is 13.6. The van der Waals surface area contributed by atoms with Gasteiger partial charge in [0.2, 0.25) is 6.79 Å². The molecule has 2 N–H and O–H groups in total. The van der Waals surface area contributed by atoms with E-state index in [9.17, 15) is 14.2 Å². The van der Waals surface area contributed by atoms with Crippen molar-refractivity contribution in [3.05, 3.63) is 12.7 Å². The van der Waals surface area contributed by atoms with Gasteiger partial charge < -0.3 is 33.8 Å². The standard InChI is InChI=1S/C27H46N5O9P/c1-20(2)9-10-22(33)8-7-11-40-42(35,41-18-38-26(34)27(4,5)15-37-13-12-36-6)19-39-21(3)14-32-17-31-23-24(28)29-16-30-25(23)32/h16-17,20-21H,7-15,18-19H2,1-6H3,(H2,28,29,30)/t21-,42?/m1/s1. The molecule has 0 bridgehead atoms. The van der Waals surface area contributed by atoms with E-state index in [2.05, 4.69) is 28.8 Å². The number of nitrogens with zero attached hydrogens (tertiary/aromatic N) is 4. The van der Waals surface area contributed by atoms with Gasteiger partial charge in [0.25, 0.3) is 0 Å². The van der Waals surface area contributed by atoms with Crippen LogP contribution in [0.25, 0.3) is 11.2 Å². The number of carbonyl (C=O) groups is 2.